The molecule has 27 heavy (non-hydrogen) atoms. The number of halogens is 1. The predicted octanol–water partition coefficient (Wildman–Crippen LogP) is 4.45. The normalized spacial score (nSPS) is 17.1. The van der Waals surface area contributed by atoms with Gasteiger partial charge in [-0.3, -0.25) is 14.9 Å². The van der Waals surface area contributed by atoms with E-state index in [9.17, 15) is 4.79 Å². The molecule has 6 heteroatoms. The van der Waals surface area contributed by atoms with Gasteiger partial charge in [-0.1, -0.05) is 41.4 Å². The Bertz CT molecular complexity index is 951. The molecule has 0 bridgehead atoms. The van der Waals surface area contributed by atoms with Gasteiger partial charge < -0.3 is 4.90 Å². The summed E-state index contributed by atoms with van der Waals surface area (Å²) in [6.45, 7) is 3.48. The van der Waals surface area contributed by atoms with Crippen LogP contribution in [0.25, 0.3) is 11.1 Å². The molecule has 1 fully saturated rings. The van der Waals surface area contributed by atoms with E-state index in [-0.39, 0.29) is 11.8 Å². The Kier molecular flexibility index (Phi) is 4.94. The van der Waals surface area contributed by atoms with Gasteiger partial charge in [0.15, 0.2) is 0 Å². The minimum atomic E-state index is -0.0221. The van der Waals surface area contributed by atoms with Gasteiger partial charge in [-0.2, -0.15) is 5.10 Å². The SMILES string of the molecule is Cc1ccc(-c2cn[nH]c2[C@@H]2CCCN(C(=O)c3cncc(Cl)c3)C2)cc1. The van der Waals surface area contributed by atoms with E-state index in [1.807, 2.05) is 11.1 Å². The van der Waals surface area contributed by atoms with Crippen molar-refractivity contribution in [3.8, 4) is 11.1 Å². The smallest absolute Gasteiger partial charge is 0.255 e. The number of carbonyl (C=O) groups excluding carboxylic acids is 1. The molecule has 0 unspecified atom stereocenters. The fourth-order valence-corrected chi connectivity index (χ4v) is 3.85. The number of benzene rings is 1. The molecule has 138 valence electrons. The number of nitrogens with zero attached hydrogens (tertiary/aromatic N) is 3. The van der Waals surface area contributed by atoms with Crippen LogP contribution in [0.1, 0.15) is 40.4 Å². The van der Waals surface area contributed by atoms with Crippen molar-refractivity contribution in [2.24, 2.45) is 0 Å². The zero-order chi connectivity index (χ0) is 18.8. The Morgan fingerprint density at radius 1 is 1.22 bits per heavy atom. The summed E-state index contributed by atoms with van der Waals surface area (Å²) in [7, 11) is 0. The molecule has 1 saturated heterocycles. The Morgan fingerprint density at radius 2 is 2.04 bits per heavy atom. The summed E-state index contributed by atoms with van der Waals surface area (Å²) >= 11 is 5.99. The highest BCUT2D eigenvalue weighted by atomic mass is 35.5. The van der Waals surface area contributed by atoms with Crippen molar-refractivity contribution in [2.45, 2.75) is 25.7 Å². The highest BCUT2D eigenvalue weighted by molar-refractivity contribution is 6.30. The first-order valence-electron chi connectivity index (χ1n) is 9.12. The fraction of sp³-hybridized carbons (Fsp3) is 0.286. The van der Waals surface area contributed by atoms with Crippen molar-refractivity contribution < 1.29 is 4.79 Å². The van der Waals surface area contributed by atoms with Gasteiger partial charge in [0, 0.05) is 42.7 Å². The van der Waals surface area contributed by atoms with E-state index in [4.69, 9.17) is 11.6 Å². The summed E-state index contributed by atoms with van der Waals surface area (Å²) in [5, 5.41) is 7.93. The molecule has 4 rings (SSSR count). The summed E-state index contributed by atoms with van der Waals surface area (Å²) in [5.41, 5.74) is 5.12. The van der Waals surface area contributed by atoms with Gasteiger partial charge in [0.05, 0.1) is 16.8 Å². The second-order valence-corrected chi connectivity index (χ2v) is 7.48. The number of hydrogen-bond acceptors (Lipinski definition) is 3. The highest BCUT2D eigenvalue weighted by Gasteiger charge is 2.28. The van der Waals surface area contributed by atoms with Crippen molar-refractivity contribution in [2.75, 3.05) is 13.1 Å². The maximum absolute atomic E-state index is 12.9. The van der Waals surface area contributed by atoms with Crippen molar-refractivity contribution in [1.82, 2.24) is 20.1 Å². The molecule has 3 aromatic rings. The molecule has 0 aliphatic carbocycles. The lowest BCUT2D eigenvalue weighted by molar-refractivity contribution is 0.0705. The number of nitrogens with one attached hydrogen (secondary N) is 1. The third kappa shape index (κ3) is 3.74. The Labute approximate surface area is 163 Å². The van der Waals surface area contributed by atoms with E-state index in [0.717, 1.165) is 36.2 Å². The number of piperidine rings is 1. The first-order valence-corrected chi connectivity index (χ1v) is 9.50. The quantitative estimate of drug-likeness (QED) is 0.730. The molecule has 2 aromatic heterocycles. The molecule has 5 nitrogen and oxygen atoms in total. The summed E-state index contributed by atoms with van der Waals surface area (Å²) in [6, 6.07) is 10.1. The minimum Gasteiger partial charge on any atom is -0.338 e. The van der Waals surface area contributed by atoms with Gasteiger partial charge in [-0.25, -0.2) is 0 Å². The van der Waals surface area contributed by atoms with E-state index in [1.54, 1.807) is 12.3 Å². The topological polar surface area (TPSA) is 61.9 Å². The first-order chi connectivity index (χ1) is 13.1. The number of H-pyrrole nitrogens is 1. The summed E-state index contributed by atoms with van der Waals surface area (Å²) in [5.74, 6) is 0.208. The second kappa shape index (κ2) is 7.53. The number of pyridine rings is 1. The van der Waals surface area contributed by atoms with Gasteiger partial charge in [0.25, 0.3) is 5.91 Å². The van der Waals surface area contributed by atoms with Gasteiger partial charge in [0.2, 0.25) is 0 Å². The van der Waals surface area contributed by atoms with Gasteiger partial charge in [-0.15, -0.1) is 0 Å². The van der Waals surface area contributed by atoms with E-state index in [2.05, 4.69) is 46.4 Å². The average Bonchev–Trinajstić information content (AvgIpc) is 3.18. The summed E-state index contributed by atoms with van der Waals surface area (Å²) in [4.78, 5) is 18.8. The zero-order valence-electron chi connectivity index (χ0n) is 15.2. The third-order valence-electron chi connectivity index (χ3n) is 5.10. The lowest BCUT2D eigenvalue weighted by Gasteiger charge is -2.32. The lowest BCUT2D eigenvalue weighted by Crippen LogP contribution is -2.39. The van der Waals surface area contributed by atoms with E-state index < -0.39 is 0 Å². The van der Waals surface area contributed by atoms with Crippen LogP contribution in [0.4, 0.5) is 0 Å². The average molecular weight is 381 g/mol. The largest absolute Gasteiger partial charge is 0.338 e. The van der Waals surface area contributed by atoms with Crippen molar-refractivity contribution in [3.05, 3.63) is 70.8 Å². The van der Waals surface area contributed by atoms with Gasteiger partial charge in [0.1, 0.15) is 0 Å². The van der Waals surface area contributed by atoms with Crippen molar-refractivity contribution >= 4 is 17.5 Å². The number of carbonyl (C=O) groups is 1. The number of amides is 1. The number of aromatic nitrogens is 3. The molecule has 1 aliphatic heterocycles. The molecule has 0 saturated carbocycles. The molecule has 1 aromatic carbocycles. The van der Waals surface area contributed by atoms with Gasteiger partial charge in [-0.05, 0) is 31.4 Å². The first kappa shape index (κ1) is 17.7. The molecule has 0 radical (unpaired) electrons. The molecule has 1 N–H and O–H groups in total. The number of aryl methyl sites for hydroxylation is 1. The number of likely N-dealkylation sites (tertiary alicyclic amines) is 1. The monoisotopic (exact) mass is 380 g/mol. The zero-order valence-corrected chi connectivity index (χ0v) is 15.9. The van der Waals surface area contributed by atoms with Crippen molar-refractivity contribution in [3.63, 3.8) is 0 Å². The molecule has 1 atom stereocenters. The van der Waals surface area contributed by atoms with Crippen LogP contribution in [0.3, 0.4) is 0 Å². The van der Waals surface area contributed by atoms with Crippen LogP contribution in [0.5, 0.6) is 0 Å². The van der Waals surface area contributed by atoms with Crippen LogP contribution in [0.15, 0.2) is 48.9 Å². The number of hydrogen-bond donors (Lipinski definition) is 1. The summed E-state index contributed by atoms with van der Waals surface area (Å²) in [6.07, 6.45) is 6.97. The maximum atomic E-state index is 12.9. The standard InChI is InChI=1S/C21H21ClN4O/c1-14-4-6-15(7-5-14)19-12-24-25-20(19)16-3-2-8-26(13-16)21(27)17-9-18(22)11-23-10-17/h4-7,9-12,16H,2-3,8,13H2,1H3,(H,24,25)/t16-/m1/s1. The van der Waals surface area contributed by atoms with E-state index >= 15 is 0 Å². The van der Waals surface area contributed by atoms with E-state index in [1.165, 1.54) is 11.8 Å². The summed E-state index contributed by atoms with van der Waals surface area (Å²) < 4.78 is 0. The third-order valence-corrected chi connectivity index (χ3v) is 5.31. The van der Waals surface area contributed by atoms with Crippen molar-refractivity contribution in [1.29, 1.82) is 0 Å². The lowest BCUT2D eigenvalue weighted by atomic mass is 9.90. The molecule has 3 heterocycles. The maximum Gasteiger partial charge on any atom is 0.255 e. The molecular formula is C21H21ClN4O. The Hall–Kier alpha value is -2.66. The Balaban J connectivity index is 1.56. The van der Waals surface area contributed by atoms with Crippen LogP contribution in [-0.2, 0) is 0 Å². The van der Waals surface area contributed by atoms with Crippen LogP contribution in [0.2, 0.25) is 5.02 Å². The van der Waals surface area contributed by atoms with Crippen LogP contribution in [-0.4, -0.2) is 39.1 Å². The highest BCUT2D eigenvalue weighted by Crippen LogP contribution is 2.33. The fourth-order valence-electron chi connectivity index (χ4n) is 3.68. The van der Waals surface area contributed by atoms with Gasteiger partial charge >= 0.3 is 0 Å². The molecular weight excluding hydrogens is 360 g/mol. The predicted molar refractivity (Wildman–Crippen MR) is 106 cm³/mol. The second-order valence-electron chi connectivity index (χ2n) is 7.05. The van der Waals surface area contributed by atoms with Crippen LogP contribution >= 0.6 is 11.6 Å². The minimum absolute atomic E-state index is 0.0221. The molecule has 0 spiro atoms. The van der Waals surface area contributed by atoms with Crippen LogP contribution in [0, 0.1) is 6.92 Å². The Morgan fingerprint density at radius 3 is 2.81 bits per heavy atom. The molecule has 1 aliphatic rings. The number of aromatic amines is 1. The molecule has 1 amide bonds. The van der Waals surface area contributed by atoms with Crippen LogP contribution < -0.4 is 0 Å². The number of rotatable bonds is 3. The van der Waals surface area contributed by atoms with E-state index in [0.29, 0.717) is 17.1 Å².